The first-order chi connectivity index (χ1) is 16.0. The molecule has 1 fully saturated rings. The molecule has 2 atom stereocenters. The van der Waals surface area contributed by atoms with Crippen LogP contribution in [0.2, 0.25) is 0 Å². The number of nitrogens with one attached hydrogen (secondary N) is 2. The summed E-state index contributed by atoms with van der Waals surface area (Å²) < 4.78 is 12.4. The van der Waals surface area contributed by atoms with E-state index in [-0.39, 0.29) is 24.2 Å². The Bertz CT molecular complexity index is 1140. The first kappa shape index (κ1) is 22.8. The molecule has 1 aliphatic heterocycles. The first-order valence-electron chi connectivity index (χ1n) is 11.0. The van der Waals surface area contributed by atoms with Crippen molar-refractivity contribution in [2.75, 3.05) is 31.0 Å². The van der Waals surface area contributed by atoms with Crippen molar-refractivity contribution in [1.29, 1.82) is 0 Å². The minimum absolute atomic E-state index is 0.0525. The Labute approximate surface area is 191 Å². The normalized spacial score (nSPS) is 16.5. The van der Waals surface area contributed by atoms with E-state index >= 15 is 0 Å². The summed E-state index contributed by atoms with van der Waals surface area (Å²) in [6, 6.07) is 11.3. The molecule has 0 radical (unpaired) electrons. The van der Waals surface area contributed by atoms with Crippen LogP contribution < -0.4 is 10.6 Å². The van der Waals surface area contributed by atoms with Gasteiger partial charge < -0.3 is 29.8 Å². The third-order valence-electron chi connectivity index (χ3n) is 5.62. The molecule has 4 rings (SSSR count). The van der Waals surface area contributed by atoms with E-state index in [2.05, 4.69) is 15.6 Å². The molecule has 0 unspecified atom stereocenters. The Morgan fingerprint density at radius 1 is 1.33 bits per heavy atom. The summed E-state index contributed by atoms with van der Waals surface area (Å²) >= 11 is 0. The Morgan fingerprint density at radius 3 is 2.79 bits per heavy atom. The van der Waals surface area contributed by atoms with Crippen molar-refractivity contribution in [1.82, 2.24) is 9.55 Å². The van der Waals surface area contributed by atoms with Crippen LogP contribution in [0.4, 0.5) is 11.4 Å². The van der Waals surface area contributed by atoms with Gasteiger partial charge in [0.1, 0.15) is 11.8 Å². The number of anilines is 2. The number of nitrogens with zero attached hydrogens (tertiary/aromatic N) is 2. The van der Waals surface area contributed by atoms with Gasteiger partial charge in [-0.25, -0.2) is 9.78 Å². The predicted octanol–water partition coefficient (Wildman–Crippen LogP) is 2.78. The number of carbonyl (C=O) groups is 2. The van der Waals surface area contributed by atoms with Crippen LogP contribution in [-0.2, 0) is 20.8 Å². The zero-order valence-electron chi connectivity index (χ0n) is 18.7. The van der Waals surface area contributed by atoms with Crippen LogP contribution in [0.3, 0.4) is 0 Å². The lowest BCUT2D eigenvalue weighted by atomic mass is 10.2. The molecule has 3 heterocycles. The monoisotopic (exact) mass is 452 g/mol. The van der Waals surface area contributed by atoms with Gasteiger partial charge in [-0.1, -0.05) is 30.3 Å². The van der Waals surface area contributed by atoms with E-state index in [1.165, 1.54) is 7.11 Å². The average molecular weight is 453 g/mol. The molecule has 1 amide bonds. The minimum atomic E-state index is -0.579. The highest BCUT2D eigenvalue weighted by molar-refractivity contribution is 6.12. The number of esters is 1. The highest BCUT2D eigenvalue weighted by atomic mass is 16.5. The number of hydrogen-bond acceptors (Lipinski definition) is 7. The summed E-state index contributed by atoms with van der Waals surface area (Å²) in [6.07, 6.45) is 2.52. The van der Waals surface area contributed by atoms with Crippen molar-refractivity contribution < 1.29 is 24.2 Å². The average Bonchev–Trinajstić information content (AvgIpc) is 3.47. The van der Waals surface area contributed by atoms with Gasteiger partial charge in [0.25, 0.3) is 5.91 Å². The topological polar surface area (TPSA) is 115 Å². The molecule has 174 valence electrons. The number of amides is 1. The van der Waals surface area contributed by atoms with Gasteiger partial charge in [0.15, 0.2) is 5.69 Å². The Balaban J connectivity index is 1.86. The number of rotatable bonds is 8. The zero-order valence-corrected chi connectivity index (χ0v) is 18.7. The molecule has 3 N–H and O–H groups in total. The number of ether oxygens (including phenoxy) is 2. The van der Waals surface area contributed by atoms with Crippen molar-refractivity contribution in [3.05, 3.63) is 53.9 Å². The van der Waals surface area contributed by atoms with Crippen molar-refractivity contribution in [2.24, 2.45) is 0 Å². The fourth-order valence-electron chi connectivity index (χ4n) is 3.98. The highest BCUT2D eigenvalue weighted by Gasteiger charge is 2.30. The van der Waals surface area contributed by atoms with Gasteiger partial charge in [0, 0.05) is 24.6 Å². The number of benzene rings is 1. The van der Waals surface area contributed by atoms with Crippen LogP contribution in [0.25, 0.3) is 11.0 Å². The smallest absolute Gasteiger partial charge is 0.356 e. The molecule has 3 aromatic rings. The van der Waals surface area contributed by atoms with Crippen LogP contribution >= 0.6 is 0 Å². The maximum atomic E-state index is 12.9. The van der Waals surface area contributed by atoms with Gasteiger partial charge >= 0.3 is 5.97 Å². The number of fused-ring (bicyclic) bond motifs is 1. The van der Waals surface area contributed by atoms with Crippen molar-refractivity contribution in [3.63, 3.8) is 0 Å². The second kappa shape index (κ2) is 10.0. The summed E-state index contributed by atoms with van der Waals surface area (Å²) in [5, 5.41) is 16.1. The first-order valence-corrected chi connectivity index (χ1v) is 11.0. The van der Waals surface area contributed by atoms with Crippen molar-refractivity contribution in [2.45, 2.75) is 38.5 Å². The fraction of sp³-hybridized carbons (Fsp3) is 0.375. The quantitative estimate of drug-likeness (QED) is 0.450. The summed E-state index contributed by atoms with van der Waals surface area (Å²) in [5.74, 6) is -0.886. The lowest BCUT2D eigenvalue weighted by Crippen LogP contribution is -2.28. The standard InChI is InChI=1S/C24H28N4O5/c1-15(14-29)26-17-11-18-20(27-23(30)19-9-6-10-33-19)21(24(31)32-2)28(22(18)25-12-17)13-16-7-4-3-5-8-16/h3-5,7-8,11-12,15,19,26,29H,6,9-10,13-14H2,1-2H3,(H,27,30)/t15-,19-/m0/s1. The van der Waals surface area contributed by atoms with E-state index < -0.39 is 12.1 Å². The van der Waals surface area contributed by atoms with Crippen LogP contribution in [-0.4, -0.2) is 59.0 Å². The SMILES string of the molecule is COC(=O)c1c(NC(=O)[C@@H]2CCCO2)c2cc(N[C@@H](C)CO)cnc2n1Cc1ccccc1. The molecule has 0 bridgehead atoms. The summed E-state index contributed by atoms with van der Waals surface area (Å²) in [4.78, 5) is 30.5. The summed E-state index contributed by atoms with van der Waals surface area (Å²) in [6.45, 7) is 2.69. The lowest BCUT2D eigenvalue weighted by Gasteiger charge is -2.13. The van der Waals surface area contributed by atoms with Gasteiger partial charge in [-0.3, -0.25) is 4.79 Å². The van der Waals surface area contributed by atoms with Crippen LogP contribution in [0.5, 0.6) is 0 Å². The molecule has 0 aliphatic carbocycles. The molecule has 9 heteroatoms. The molecule has 1 aromatic carbocycles. The second-order valence-corrected chi connectivity index (χ2v) is 8.10. The summed E-state index contributed by atoms with van der Waals surface area (Å²) in [5.41, 5.74) is 2.70. The van der Waals surface area contributed by atoms with Crippen LogP contribution in [0, 0.1) is 0 Å². The Hall–Kier alpha value is -3.43. The molecular formula is C24H28N4O5. The predicted molar refractivity (Wildman–Crippen MR) is 124 cm³/mol. The zero-order chi connectivity index (χ0) is 23.4. The minimum Gasteiger partial charge on any atom is -0.464 e. The van der Waals surface area contributed by atoms with Gasteiger partial charge in [0.2, 0.25) is 0 Å². The van der Waals surface area contributed by atoms with Crippen LogP contribution in [0.15, 0.2) is 42.6 Å². The van der Waals surface area contributed by atoms with E-state index in [9.17, 15) is 14.7 Å². The second-order valence-electron chi connectivity index (χ2n) is 8.10. The molecule has 2 aromatic heterocycles. The van der Waals surface area contributed by atoms with E-state index in [4.69, 9.17) is 9.47 Å². The molecular weight excluding hydrogens is 424 g/mol. The molecule has 0 saturated carbocycles. The van der Waals surface area contributed by atoms with Gasteiger partial charge in [-0.2, -0.15) is 0 Å². The van der Waals surface area contributed by atoms with E-state index in [0.717, 1.165) is 12.0 Å². The van der Waals surface area contributed by atoms with E-state index in [1.807, 2.05) is 43.3 Å². The number of pyridine rings is 1. The molecule has 1 aliphatic rings. The largest absolute Gasteiger partial charge is 0.464 e. The van der Waals surface area contributed by atoms with E-state index in [0.29, 0.717) is 42.0 Å². The van der Waals surface area contributed by atoms with Crippen molar-refractivity contribution in [3.8, 4) is 0 Å². The van der Waals surface area contributed by atoms with E-state index in [1.54, 1.807) is 10.8 Å². The maximum absolute atomic E-state index is 12.9. The number of methoxy groups -OCH3 is 1. The lowest BCUT2D eigenvalue weighted by molar-refractivity contribution is -0.124. The van der Waals surface area contributed by atoms with Gasteiger partial charge in [-0.05, 0) is 31.4 Å². The number of aromatic nitrogens is 2. The van der Waals surface area contributed by atoms with Crippen molar-refractivity contribution >= 4 is 34.3 Å². The third-order valence-corrected chi connectivity index (χ3v) is 5.62. The summed E-state index contributed by atoms with van der Waals surface area (Å²) in [7, 11) is 1.31. The Kier molecular flexibility index (Phi) is 6.90. The molecule has 9 nitrogen and oxygen atoms in total. The Morgan fingerprint density at radius 2 is 2.12 bits per heavy atom. The molecule has 0 spiro atoms. The van der Waals surface area contributed by atoms with Crippen LogP contribution in [0.1, 0.15) is 35.8 Å². The highest BCUT2D eigenvalue weighted by Crippen LogP contribution is 2.34. The molecule has 1 saturated heterocycles. The fourth-order valence-corrected chi connectivity index (χ4v) is 3.98. The van der Waals surface area contributed by atoms with Gasteiger partial charge in [-0.15, -0.1) is 0 Å². The molecule has 33 heavy (non-hydrogen) atoms. The third kappa shape index (κ3) is 4.84. The number of aliphatic hydroxyl groups is 1. The number of hydrogen-bond donors (Lipinski definition) is 3. The number of aliphatic hydroxyl groups excluding tert-OH is 1. The van der Waals surface area contributed by atoms with Gasteiger partial charge in [0.05, 0.1) is 31.3 Å². The number of carbonyl (C=O) groups excluding carboxylic acids is 2. The maximum Gasteiger partial charge on any atom is 0.356 e.